The molecule has 3 aromatic carbocycles. The van der Waals surface area contributed by atoms with Gasteiger partial charge in [-0.1, -0.05) is 47.5 Å². The number of carbonyl (C=O) groups is 1. The van der Waals surface area contributed by atoms with Gasteiger partial charge in [-0.05, 0) is 35.9 Å². The Morgan fingerprint density at radius 2 is 1.67 bits per heavy atom. The van der Waals surface area contributed by atoms with Crippen LogP contribution in [0.4, 0.5) is 5.69 Å². The number of benzene rings is 3. The molecule has 0 aliphatic rings. The minimum Gasteiger partial charge on any atom is -0.456 e. The van der Waals surface area contributed by atoms with Gasteiger partial charge in [-0.2, -0.15) is 0 Å². The van der Waals surface area contributed by atoms with Gasteiger partial charge in [-0.15, -0.1) is 11.8 Å². The largest absolute Gasteiger partial charge is 0.456 e. The lowest BCUT2D eigenvalue weighted by Crippen LogP contribution is -2.14. The highest BCUT2D eigenvalue weighted by molar-refractivity contribution is 7.99. The Morgan fingerprint density at radius 3 is 2.48 bits per heavy atom. The van der Waals surface area contributed by atoms with E-state index < -0.39 is 0 Å². The molecule has 0 unspecified atom stereocenters. The van der Waals surface area contributed by atoms with E-state index in [2.05, 4.69) is 5.32 Å². The first-order valence-corrected chi connectivity index (χ1v) is 10.2. The predicted octanol–water partition coefficient (Wildman–Crippen LogP) is 6.76. The van der Waals surface area contributed by atoms with Crippen molar-refractivity contribution in [1.29, 1.82) is 0 Å². The quantitative estimate of drug-likeness (QED) is 0.391. The zero-order chi connectivity index (χ0) is 18.8. The van der Waals surface area contributed by atoms with Crippen LogP contribution < -0.4 is 5.32 Å². The molecule has 4 rings (SSSR count). The first kappa shape index (κ1) is 18.2. The molecule has 0 aliphatic heterocycles. The topological polar surface area (TPSA) is 42.2 Å². The fourth-order valence-electron chi connectivity index (χ4n) is 2.92. The number of rotatable bonds is 5. The van der Waals surface area contributed by atoms with E-state index >= 15 is 0 Å². The minimum atomic E-state index is -0.0846. The molecule has 0 saturated carbocycles. The molecule has 0 bridgehead atoms. The van der Waals surface area contributed by atoms with Crippen molar-refractivity contribution in [3.63, 3.8) is 0 Å². The molecule has 0 saturated heterocycles. The Balaban J connectivity index is 1.41. The molecule has 4 aromatic rings. The van der Waals surface area contributed by atoms with Gasteiger partial charge in [0.25, 0.3) is 0 Å². The summed E-state index contributed by atoms with van der Waals surface area (Å²) in [6.45, 7) is 0. The van der Waals surface area contributed by atoms with E-state index in [4.69, 9.17) is 27.6 Å². The summed E-state index contributed by atoms with van der Waals surface area (Å²) in [5.41, 5.74) is 3.15. The molecule has 1 N–H and O–H groups in total. The summed E-state index contributed by atoms with van der Waals surface area (Å²) in [6, 6.07) is 19.0. The number of thioether (sulfide) groups is 1. The highest BCUT2D eigenvalue weighted by Gasteiger charge is 2.10. The Kier molecular flexibility index (Phi) is 5.30. The number of hydrogen-bond acceptors (Lipinski definition) is 3. The van der Waals surface area contributed by atoms with Crippen molar-refractivity contribution in [3.8, 4) is 0 Å². The zero-order valence-corrected chi connectivity index (χ0v) is 16.5. The van der Waals surface area contributed by atoms with Gasteiger partial charge in [0.1, 0.15) is 11.2 Å². The van der Waals surface area contributed by atoms with Crippen LogP contribution in [0.2, 0.25) is 10.0 Å². The van der Waals surface area contributed by atoms with Crippen LogP contribution in [0.1, 0.15) is 5.56 Å². The number of anilines is 1. The summed E-state index contributed by atoms with van der Waals surface area (Å²) in [5, 5.41) is 6.24. The van der Waals surface area contributed by atoms with Crippen molar-refractivity contribution in [2.45, 2.75) is 5.75 Å². The second-order valence-electron chi connectivity index (χ2n) is 6.05. The normalized spacial score (nSPS) is 11.2. The van der Waals surface area contributed by atoms with E-state index in [1.54, 1.807) is 18.2 Å². The number of para-hydroxylation sites is 1. The molecule has 136 valence electrons. The molecule has 27 heavy (non-hydrogen) atoms. The van der Waals surface area contributed by atoms with E-state index in [-0.39, 0.29) is 5.91 Å². The molecular formula is C21H15Cl2NO2S. The lowest BCUT2D eigenvalue weighted by atomic mass is 10.1. The van der Waals surface area contributed by atoms with Crippen molar-refractivity contribution in [3.05, 3.63) is 76.3 Å². The number of nitrogens with one attached hydrogen (secondary N) is 1. The number of amides is 1. The standard InChI is InChI=1S/C21H15Cl2NO2S/c22-17-5-3-6-18(23)16(17)11-27-12-21(25)24-13-8-9-15-14-4-1-2-7-19(14)26-20(15)10-13/h1-10H,11-12H2,(H,24,25). The molecule has 0 atom stereocenters. The predicted molar refractivity (Wildman–Crippen MR) is 115 cm³/mol. The van der Waals surface area contributed by atoms with E-state index in [9.17, 15) is 4.79 Å². The third-order valence-electron chi connectivity index (χ3n) is 4.20. The maximum Gasteiger partial charge on any atom is 0.234 e. The molecule has 1 amide bonds. The zero-order valence-electron chi connectivity index (χ0n) is 14.2. The first-order chi connectivity index (χ1) is 13.1. The van der Waals surface area contributed by atoms with E-state index in [0.717, 1.165) is 27.5 Å². The van der Waals surface area contributed by atoms with Crippen LogP contribution in [-0.2, 0) is 10.5 Å². The second kappa shape index (κ2) is 7.85. The summed E-state index contributed by atoms with van der Waals surface area (Å²) in [4.78, 5) is 12.3. The summed E-state index contributed by atoms with van der Waals surface area (Å²) in [6.07, 6.45) is 0. The van der Waals surface area contributed by atoms with E-state index in [1.165, 1.54) is 11.8 Å². The lowest BCUT2D eigenvalue weighted by Gasteiger charge is -2.07. The molecule has 0 aliphatic carbocycles. The van der Waals surface area contributed by atoms with Crippen molar-refractivity contribution in [2.24, 2.45) is 0 Å². The molecule has 6 heteroatoms. The first-order valence-electron chi connectivity index (χ1n) is 8.33. The molecule has 0 radical (unpaired) electrons. The fraction of sp³-hybridized carbons (Fsp3) is 0.0952. The van der Waals surface area contributed by atoms with Crippen molar-refractivity contribution in [2.75, 3.05) is 11.1 Å². The average molecular weight is 416 g/mol. The Hall–Kier alpha value is -2.14. The monoisotopic (exact) mass is 415 g/mol. The van der Waals surface area contributed by atoms with Gasteiger partial charge in [0.05, 0.1) is 5.75 Å². The van der Waals surface area contributed by atoms with Gasteiger partial charge in [0.15, 0.2) is 0 Å². The van der Waals surface area contributed by atoms with Crippen molar-refractivity contribution >= 4 is 68.5 Å². The molecule has 3 nitrogen and oxygen atoms in total. The van der Waals surface area contributed by atoms with Crippen LogP contribution in [-0.4, -0.2) is 11.7 Å². The lowest BCUT2D eigenvalue weighted by molar-refractivity contribution is -0.113. The van der Waals surface area contributed by atoms with Gasteiger partial charge >= 0.3 is 0 Å². The summed E-state index contributed by atoms with van der Waals surface area (Å²) >= 11 is 13.8. The fourth-order valence-corrected chi connectivity index (χ4v) is 4.48. The Bertz CT molecular complexity index is 1120. The molecule has 0 spiro atoms. The summed E-state index contributed by atoms with van der Waals surface area (Å²) in [5.74, 6) is 0.799. The third-order valence-corrected chi connectivity index (χ3v) is 5.87. The van der Waals surface area contributed by atoms with Gasteiger partial charge in [0, 0.05) is 38.3 Å². The average Bonchev–Trinajstić information content (AvgIpc) is 3.02. The number of hydrogen-bond donors (Lipinski definition) is 1. The highest BCUT2D eigenvalue weighted by atomic mass is 35.5. The van der Waals surface area contributed by atoms with Crippen LogP contribution in [0.15, 0.2) is 65.1 Å². The van der Waals surface area contributed by atoms with Crippen molar-refractivity contribution < 1.29 is 9.21 Å². The van der Waals surface area contributed by atoms with E-state index in [0.29, 0.717) is 27.2 Å². The molecule has 1 heterocycles. The number of halogens is 2. The van der Waals surface area contributed by atoms with Crippen molar-refractivity contribution in [1.82, 2.24) is 0 Å². The summed E-state index contributed by atoms with van der Waals surface area (Å²) in [7, 11) is 0. The molecular weight excluding hydrogens is 401 g/mol. The maximum absolute atomic E-state index is 12.3. The molecule has 1 aromatic heterocycles. The van der Waals surface area contributed by atoms with Gasteiger partial charge in [-0.3, -0.25) is 4.79 Å². The maximum atomic E-state index is 12.3. The highest BCUT2D eigenvalue weighted by Crippen LogP contribution is 2.31. The molecule has 0 fully saturated rings. The SMILES string of the molecule is O=C(CSCc1c(Cl)cccc1Cl)Nc1ccc2c(c1)oc1ccccc12. The van der Waals surface area contributed by atoms with Crippen LogP contribution in [0.25, 0.3) is 21.9 Å². The van der Waals surface area contributed by atoms with Crippen LogP contribution >= 0.6 is 35.0 Å². The number of carbonyl (C=O) groups excluding carboxylic acids is 1. The Morgan fingerprint density at radius 1 is 0.926 bits per heavy atom. The Labute approximate surface area is 170 Å². The van der Waals surface area contributed by atoms with E-state index in [1.807, 2.05) is 42.5 Å². The van der Waals surface area contributed by atoms with Gasteiger partial charge in [0.2, 0.25) is 5.91 Å². The third kappa shape index (κ3) is 3.93. The van der Waals surface area contributed by atoms with Gasteiger partial charge in [-0.25, -0.2) is 0 Å². The van der Waals surface area contributed by atoms with Crippen LogP contribution in [0.5, 0.6) is 0 Å². The smallest absolute Gasteiger partial charge is 0.234 e. The summed E-state index contributed by atoms with van der Waals surface area (Å²) < 4.78 is 5.85. The van der Waals surface area contributed by atoms with Crippen LogP contribution in [0, 0.1) is 0 Å². The number of fused-ring (bicyclic) bond motifs is 3. The van der Waals surface area contributed by atoms with Gasteiger partial charge < -0.3 is 9.73 Å². The number of furan rings is 1. The van der Waals surface area contributed by atoms with Crippen LogP contribution in [0.3, 0.4) is 0 Å². The second-order valence-corrected chi connectivity index (χ2v) is 7.85. The minimum absolute atomic E-state index is 0.0846.